The van der Waals surface area contributed by atoms with Crippen LogP contribution < -0.4 is 0 Å². The first-order chi connectivity index (χ1) is 25.7. The Balaban J connectivity index is 1.12. The predicted molar refractivity (Wildman–Crippen MR) is 208 cm³/mol. The van der Waals surface area contributed by atoms with E-state index >= 15 is 0 Å². The number of benzene rings is 7. The molecule has 0 atom stereocenters. The largest absolute Gasteiger partial charge is 0.208 e. The summed E-state index contributed by atoms with van der Waals surface area (Å²) in [4.78, 5) is 17.2. The molecule has 2 aliphatic rings. The molecule has 52 heavy (non-hydrogen) atoms. The van der Waals surface area contributed by atoms with E-state index in [1.165, 1.54) is 37.6 Å². The van der Waals surface area contributed by atoms with E-state index in [4.69, 9.17) is 15.0 Å². The van der Waals surface area contributed by atoms with Crippen LogP contribution in [0.25, 0.3) is 56.4 Å². The highest BCUT2D eigenvalue weighted by molar-refractivity contribution is 7.99. The third-order valence-electron chi connectivity index (χ3n) is 10.2. The molecule has 5 heteroatoms. The first-order valence-corrected chi connectivity index (χ1v) is 18.1. The second-order valence-electron chi connectivity index (χ2n) is 13.1. The van der Waals surface area contributed by atoms with Crippen molar-refractivity contribution in [3.8, 4) is 62.5 Å². The average molecular weight is 681 g/mol. The molecular formula is C47H28N4S. The van der Waals surface area contributed by atoms with Gasteiger partial charge in [-0.2, -0.15) is 5.26 Å². The first-order valence-electron chi connectivity index (χ1n) is 17.2. The monoisotopic (exact) mass is 680 g/mol. The quantitative estimate of drug-likeness (QED) is 0.185. The molecular weight excluding hydrogens is 653 g/mol. The van der Waals surface area contributed by atoms with E-state index in [1.807, 2.05) is 78.5 Å². The zero-order valence-corrected chi connectivity index (χ0v) is 28.7. The molecule has 0 unspecified atom stereocenters. The summed E-state index contributed by atoms with van der Waals surface area (Å²) >= 11 is 1.82. The van der Waals surface area contributed by atoms with Gasteiger partial charge in [0.2, 0.25) is 0 Å². The maximum absolute atomic E-state index is 10.0. The Hall–Kier alpha value is -6.61. The van der Waals surface area contributed by atoms with E-state index in [-0.39, 0.29) is 0 Å². The van der Waals surface area contributed by atoms with Crippen molar-refractivity contribution in [3.05, 3.63) is 198 Å². The van der Waals surface area contributed by atoms with Crippen molar-refractivity contribution in [2.45, 2.75) is 15.2 Å². The fraction of sp³-hybridized carbons (Fsp3) is 0.0213. The van der Waals surface area contributed by atoms with Gasteiger partial charge in [0.15, 0.2) is 17.5 Å². The third kappa shape index (κ3) is 4.66. The molecule has 1 spiro atoms. The molecule has 0 N–H and O–H groups in total. The van der Waals surface area contributed by atoms with Crippen LogP contribution >= 0.6 is 11.8 Å². The fourth-order valence-electron chi connectivity index (χ4n) is 7.90. The van der Waals surface area contributed by atoms with Crippen LogP contribution in [0.4, 0.5) is 0 Å². The number of hydrogen-bond donors (Lipinski definition) is 0. The average Bonchev–Trinajstić information content (AvgIpc) is 3.50. The Kier molecular flexibility index (Phi) is 6.99. The van der Waals surface area contributed by atoms with Gasteiger partial charge in [-0.15, -0.1) is 0 Å². The van der Waals surface area contributed by atoms with Crippen LogP contribution in [0.2, 0.25) is 0 Å². The number of rotatable bonds is 4. The van der Waals surface area contributed by atoms with Crippen molar-refractivity contribution in [2.75, 3.05) is 0 Å². The van der Waals surface area contributed by atoms with E-state index < -0.39 is 5.41 Å². The van der Waals surface area contributed by atoms with Crippen LogP contribution in [-0.4, -0.2) is 15.0 Å². The van der Waals surface area contributed by atoms with Gasteiger partial charge in [0, 0.05) is 26.5 Å². The Bertz CT molecular complexity index is 2610. The zero-order valence-electron chi connectivity index (χ0n) is 27.9. The summed E-state index contributed by atoms with van der Waals surface area (Å²) in [6.07, 6.45) is 0. The van der Waals surface area contributed by atoms with Gasteiger partial charge in [-0.25, -0.2) is 15.0 Å². The normalized spacial score (nSPS) is 13.1. The van der Waals surface area contributed by atoms with Crippen LogP contribution in [-0.2, 0) is 5.41 Å². The lowest BCUT2D eigenvalue weighted by Crippen LogP contribution is -2.32. The highest BCUT2D eigenvalue weighted by atomic mass is 32.2. The summed E-state index contributed by atoms with van der Waals surface area (Å²) in [6, 6.07) is 61.5. The topological polar surface area (TPSA) is 62.5 Å². The molecule has 0 bridgehead atoms. The van der Waals surface area contributed by atoms with Crippen LogP contribution in [0.15, 0.2) is 180 Å². The summed E-state index contributed by atoms with van der Waals surface area (Å²) in [7, 11) is 0. The van der Waals surface area contributed by atoms with E-state index in [0.717, 1.165) is 33.4 Å². The van der Waals surface area contributed by atoms with Gasteiger partial charge in [0.05, 0.1) is 17.0 Å². The maximum Gasteiger partial charge on any atom is 0.164 e. The second-order valence-corrected chi connectivity index (χ2v) is 14.2. The molecule has 1 aliphatic carbocycles. The maximum atomic E-state index is 10.0. The van der Waals surface area contributed by atoms with E-state index in [2.05, 4.69) is 109 Å². The summed E-state index contributed by atoms with van der Waals surface area (Å²) in [5, 5.41) is 10.0. The van der Waals surface area contributed by atoms with Crippen molar-refractivity contribution >= 4 is 11.8 Å². The molecule has 0 radical (unpaired) electrons. The van der Waals surface area contributed by atoms with Gasteiger partial charge < -0.3 is 0 Å². The molecule has 0 amide bonds. The van der Waals surface area contributed by atoms with Gasteiger partial charge in [-0.05, 0) is 74.8 Å². The van der Waals surface area contributed by atoms with Crippen molar-refractivity contribution < 1.29 is 0 Å². The molecule has 10 rings (SSSR count). The summed E-state index contributed by atoms with van der Waals surface area (Å²) in [6.45, 7) is 0. The van der Waals surface area contributed by atoms with Crippen LogP contribution in [0.3, 0.4) is 0 Å². The molecule has 242 valence electrons. The zero-order chi connectivity index (χ0) is 34.6. The molecule has 4 nitrogen and oxygen atoms in total. The van der Waals surface area contributed by atoms with Crippen LogP contribution in [0.5, 0.6) is 0 Å². The Labute approximate surface area is 306 Å². The molecule has 1 aromatic heterocycles. The molecule has 0 saturated carbocycles. The second kappa shape index (κ2) is 12.0. The summed E-state index contributed by atoms with van der Waals surface area (Å²) < 4.78 is 0. The Morgan fingerprint density at radius 1 is 0.404 bits per heavy atom. The minimum absolute atomic E-state index is 0.557. The predicted octanol–water partition coefficient (Wildman–Crippen LogP) is 11.2. The number of nitrogens with zero attached hydrogens (tertiary/aromatic N) is 4. The third-order valence-corrected chi connectivity index (χ3v) is 11.4. The number of aromatic nitrogens is 3. The molecule has 0 fully saturated rings. The SMILES string of the molecule is N#Cc1ccc2c(c1)C1(c3ccccc3Sc3ccccc31)c1cc(-c3ccc(-c4nc(-c5ccccc5)nc(-c5ccccc5)n4)cc3)ccc1-2. The van der Waals surface area contributed by atoms with Gasteiger partial charge in [0.25, 0.3) is 0 Å². The Morgan fingerprint density at radius 2 is 0.846 bits per heavy atom. The van der Waals surface area contributed by atoms with E-state index in [9.17, 15) is 5.26 Å². The van der Waals surface area contributed by atoms with Crippen molar-refractivity contribution in [2.24, 2.45) is 0 Å². The highest BCUT2D eigenvalue weighted by Gasteiger charge is 2.50. The van der Waals surface area contributed by atoms with Crippen LogP contribution in [0.1, 0.15) is 27.8 Å². The van der Waals surface area contributed by atoms with Crippen molar-refractivity contribution in [1.29, 1.82) is 5.26 Å². The summed E-state index contributed by atoms with van der Waals surface area (Å²) in [5.74, 6) is 1.91. The van der Waals surface area contributed by atoms with E-state index in [0.29, 0.717) is 23.0 Å². The van der Waals surface area contributed by atoms with E-state index in [1.54, 1.807) is 0 Å². The van der Waals surface area contributed by atoms with Gasteiger partial charge >= 0.3 is 0 Å². The van der Waals surface area contributed by atoms with Gasteiger partial charge in [-0.3, -0.25) is 0 Å². The van der Waals surface area contributed by atoms with Crippen molar-refractivity contribution in [1.82, 2.24) is 15.0 Å². The lowest BCUT2D eigenvalue weighted by molar-refractivity contribution is 0.722. The molecule has 7 aromatic carbocycles. The fourth-order valence-corrected chi connectivity index (χ4v) is 9.09. The molecule has 1 aliphatic heterocycles. The lowest BCUT2D eigenvalue weighted by atomic mass is 9.67. The van der Waals surface area contributed by atoms with Gasteiger partial charge in [0.1, 0.15) is 0 Å². The lowest BCUT2D eigenvalue weighted by Gasteiger charge is -2.39. The molecule has 2 heterocycles. The minimum Gasteiger partial charge on any atom is -0.208 e. The number of nitriles is 1. The van der Waals surface area contributed by atoms with Crippen molar-refractivity contribution in [3.63, 3.8) is 0 Å². The first kappa shape index (κ1) is 30.2. The minimum atomic E-state index is -0.557. The number of fused-ring (bicyclic) bond motifs is 9. The smallest absolute Gasteiger partial charge is 0.164 e. The standard InChI is InChI=1S/C47H28N4S/c48-29-30-19-25-36-37-26-24-35(28-41(37)47(40(36)27-30)38-15-7-9-17-42(38)52-43-18-10-8-16-39(43)47)31-20-22-34(23-21-31)46-50-44(32-11-3-1-4-12-32)49-45(51-46)33-13-5-2-6-14-33/h1-28H. The number of hydrogen-bond acceptors (Lipinski definition) is 5. The van der Waals surface area contributed by atoms with Gasteiger partial charge in [-0.1, -0.05) is 151 Å². The Morgan fingerprint density at radius 3 is 1.40 bits per heavy atom. The van der Waals surface area contributed by atoms with Crippen LogP contribution in [0, 0.1) is 11.3 Å². The molecule has 8 aromatic rings. The molecule has 0 saturated heterocycles. The summed E-state index contributed by atoms with van der Waals surface area (Å²) in [5.41, 5.74) is 12.4. The highest BCUT2D eigenvalue weighted by Crippen LogP contribution is 2.62.